The van der Waals surface area contributed by atoms with Gasteiger partial charge in [0, 0.05) is 34.5 Å². The van der Waals surface area contributed by atoms with Crippen LogP contribution in [0.1, 0.15) is 18.4 Å². The molecular weight excluding hydrogens is 365 g/mol. The van der Waals surface area contributed by atoms with Crippen LogP contribution in [0.25, 0.3) is 0 Å². The molecule has 0 unspecified atom stereocenters. The standard InChI is InChI=1S/C14H17Cl2NO3S2/c15-11-3-1-10(12(16)9-11)2-4-13(18)17-6-8-22-21-7-5-14(19)20/h1,3,9H,2,4-8H2,(H,17,18)(H,19,20). The van der Waals surface area contributed by atoms with Crippen molar-refractivity contribution in [1.82, 2.24) is 5.32 Å². The molecule has 122 valence electrons. The molecule has 0 radical (unpaired) electrons. The average molecular weight is 382 g/mol. The van der Waals surface area contributed by atoms with Gasteiger partial charge in [0.25, 0.3) is 0 Å². The van der Waals surface area contributed by atoms with E-state index in [4.69, 9.17) is 28.3 Å². The second-order valence-corrected chi connectivity index (χ2v) is 7.92. The molecule has 0 spiro atoms. The summed E-state index contributed by atoms with van der Waals surface area (Å²) in [6, 6.07) is 5.25. The number of carbonyl (C=O) groups excluding carboxylic acids is 1. The van der Waals surface area contributed by atoms with Crippen molar-refractivity contribution < 1.29 is 14.7 Å². The van der Waals surface area contributed by atoms with Crippen molar-refractivity contribution in [2.45, 2.75) is 19.3 Å². The van der Waals surface area contributed by atoms with Crippen molar-refractivity contribution in [3.63, 3.8) is 0 Å². The highest BCUT2D eigenvalue weighted by Gasteiger charge is 2.05. The highest BCUT2D eigenvalue weighted by molar-refractivity contribution is 8.76. The molecule has 1 aromatic carbocycles. The SMILES string of the molecule is O=C(O)CCSSCCNC(=O)CCc1ccc(Cl)cc1Cl. The molecule has 4 nitrogen and oxygen atoms in total. The molecule has 0 heterocycles. The van der Waals surface area contributed by atoms with Crippen LogP contribution >= 0.6 is 44.8 Å². The number of carboxylic acids is 1. The summed E-state index contributed by atoms with van der Waals surface area (Å²) in [4.78, 5) is 22.0. The predicted molar refractivity (Wildman–Crippen MR) is 95.0 cm³/mol. The van der Waals surface area contributed by atoms with E-state index in [1.165, 1.54) is 10.8 Å². The van der Waals surface area contributed by atoms with Crippen LogP contribution in [0, 0.1) is 0 Å². The summed E-state index contributed by atoms with van der Waals surface area (Å²) in [5.41, 5.74) is 0.903. The van der Waals surface area contributed by atoms with Gasteiger partial charge < -0.3 is 10.4 Å². The molecule has 2 N–H and O–H groups in total. The second-order valence-electron chi connectivity index (χ2n) is 4.37. The van der Waals surface area contributed by atoms with Crippen LogP contribution in [-0.4, -0.2) is 35.0 Å². The first kappa shape index (κ1) is 19.5. The molecule has 0 aliphatic heterocycles. The molecule has 1 amide bonds. The van der Waals surface area contributed by atoms with Gasteiger partial charge in [-0.15, -0.1) is 0 Å². The second kappa shape index (κ2) is 11.0. The summed E-state index contributed by atoms with van der Waals surface area (Å²) < 4.78 is 0. The first-order valence-corrected chi connectivity index (χ1v) is 9.90. The zero-order valence-corrected chi connectivity index (χ0v) is 15.0. The van der Waals surface area contributed by atoms with Crippen LogP contribution in [0.4, 0.5) is 0 Å². The highest BCUT2D eigenvalue weighted by atomic mass is 35.5. The molecule has 0 bridgehead atoms. The lowest BCUT2D eigenvalue weighted by atomic mass is 10.1. The Morgan fingerprint density at radius 3 is 2.55 bits per heavy atom. The molecule has 1 rings (SSSR count). The van der Waals surface area contributed by atoms with Crippen LogP contribution in [0.3, 0.4) is 0 Å². The lowest BCUT2D eigenvalue weighted by molar-refractivity contribution is -0.136. The maximum absolute atomic E-state index is 11.7. The lowest BCUT2D eigenvalue weighted by Gasteiger charge is -2.06. The van der Waals surface area contributed by atoms with Crippen LogP contribution in [0.5, 0.6) is 0 Å². The summed E-state index contributed by atoms with van der Waals surface area (Å²) in [7, 11) is 3.06. The molecule has 1 aromatic rings. The van der Waals surface area contributed by atoms with Crippen LogP contribution in [0.15, 0.2) is 18.2 Å². The summed E-state index contributed by atoms with van der Waals surface area (Å²) in [5.74, 6) is 0.505. The van der Waals surface area contributed by atoms with E-state index in [0.717, 1.165) is 11.3 Å². The lowest BCUT2D eigenvalue weighted by Crippen LogP contribution is -2.25. The molecule has 0 saturated heterocycles. The summed E-state index contributed by atoms with van der Waals surface area (Å²) in [5, 5.41) is 12.5. The van der Waals surface area contributed by atoms with Crippen LogP contribution in [0.2, 0.25) is 10.0 Å². The Morgan fingerprint density at radius 2 is 1.86 bits per heavy atom. The van der Waals surface area contributed by atoms with E-state index in [-0.39, 0.29) is 12.3 Å². The molecule has 0 fully saturated rings. The van der Waals surface area contributed by atoms with Crippen molar-refractivity contribution in [2.24, 2.45) is 0 Å². The molecule has 0 saturated carbocycles. The van der Waals surface area contributed by atoms with Gasteiger partial charge in [-0.1, -0.05) is 50.9 Å². The Labute approximate surface area is 147 Å². The van der Waals surface area contributed by atoms with Crippen molar-refractivity contribution in [1.29, 1.82) is 0 Å². The average Bonchev–Trinajstić information content (AvgIpc) is 2.45. The number of hydrogen-bond donors (Lipinski definition) is 2. The zero-order valence-electron chi connectivity index (χ0n) is 11.8. The predicted octanol–water partition coefficient (Wildman–Crippen LogP) is 3.90. The topological polar surface area (TPSA) is 66.4 Å². The number of halogens is 2. The third-order valence-corrected chi connectivity index (χ3v) is 5.62. The van der Waals surface area contributed by atoms with E-state index in [0.29, 0.717) is 35.2 Å². The molecule has 0 aromatic heterocycles. The van der Waals surface area contributed by atoms with Gasteiger partial charge in [0.2, 0.25) is 5.91 Å². The van der Waals surface area contributed by atoms with Gasteiger partial charge in [0.15, 0.2) is 0 Å². The van der Waals surface area contributed by atoms with E-state index < -0.39 is 5.97 Å². The maximum Gasteiger partial charge on any atom is 0.304 e. The normalized spacial score (nSPS) is 10.5. The van der Waals surface area contributed by atoms with E-state index in [1.807, 2.05) is 6.07 Å². The first-order valence-electron chi connectivity index (χ1n) is 6.66. The van der Waals surface area contributed by atoms with Gasteiger partial charge in [-0.25, -0.2) is 0 Å². The van der Waals surface area contributed by atoms with E-state index in [2.05, 4.69) is 5.32 Å². The van der Waals surface area contributed by atoms with Gasteiger partial charge >= 0.3 is 5.97 Å². The zero-order chi connectivity index (χ0) is 16.4. The van der Waals surface area contributed by atoms with E-state index in [1.54, 1.807) is 22.9 Å². The number of nitrogens with one attached hydrogen (secondary N) is 1. The largest absolute Gasteiger partial charge is 0.481 e. The fraction of sp³-hybridized carbons (Fsp3) is 0.429. The van der Waals surface area contributed by atoms with Crippen molar-refractivity contribution in [3.8, 4) is 0 Å². The molecule has 8 heteroatoms. The number of carbonyl (C=O) groups is 2. The van der Waals surface area contributed by atoms with E-state index >= 15 is 0 Å². The Morgan fingerprint density at radius 1 is 1.14 bits per heavy atom. The number of aliphatic carboxylic acids is 1. The number of benzene rings is 1. The minimum atomic E-state index is -0.790. The van der Waals surface area contributed by atoms with Crippen molar-refractivity contribution in [3.05, 3.63) is 33.8 Å². The molecular formula is C14H17Cl2NO3S2. The van der Waals surface area contributed by atoms with Crippen LogP contribution in [-0.2, 0) is 16.0 Å². The quantitative estimate of drug-likeness (QED) is 0.475. The third kappa shape index (κ3) is 8.78. The smallest absolute Gasteiger partial charge is 0.304 e. The minimum Gasteiger partial charge on any atom is -0.481 e. The van der Waals surface area contributed by atoms with E-state index in [9.17, 15) is 9.59 Å². The minimum absolute atomic E-state index is 0.0258. The summed E-state index contributed by atoms with van der Waals surface area (Å²) in [6.45, 7) is 0.567. The fourth-order valence-corrected chi connectivity index (χ4v) is 3.93. The van der Waals surface area contributed by atoms with Crippen molar-refractivity contribution >= 4 is 56.7 Å². The Hall–Kier alpha value is -0.560. The Kier molecular flexibility index (Phi) is 9.79. The monoisotopic (exact) mass is 381 g/mol. The van der Waals surface area contributed by atoms with Gasteiger partial charge in [-0.3, -0.25) is 9.59 Å². The van der Waals surface area contributed by atoms with Gasteiger partial charge in [0.05, 0.1) is 6.42 Å². The number of aryl methyl sites for hydroxylation is 1. The third-order valence-electron chi connectivity index (χ3n) is 2.63. The Bertz CT molecular complexity index is 515. The summed E-state index contributed by atoms with van der Waals surface area (Å²) >= 11 is 11.9. The summed E-state index contributed by atoms with van der Waals surface area (Å²) in [6.07, 6.45) is 1.10. The number of amides is 1. The van der Waals surface area contributed by atoms with Crippen LogP contribution < -0.4 is 5.32 Å². The number of hydrogen-bond acceptors (Lipinski definition) is 4. The van der Waals surface area contributed by atoms with Gasteiger partial charge in [-0.2, -0.15) is 0 Å². The number of carboxylic acid groups (broad SMARTS) is 1. The first-order chi connectivity index (χ1) is 10.5. The maximum atomic E-state index is 11.7. The highest BCUT2D eigenvalue weighted by Crippen LogP contribution is 2.22. The van der Waals surface area contributed by atoms with Crippen molar-refractivity contribution in [2.75, 3.05) is 18.1 Å². The Balaban J connectivity index is 2.10. The van der Waals surface area contributed by atoms with Gasteiger partial charge in [0.1, 0.15) is 0 Å². The number of rotatable bonds is 10. The molecule has 0 aliphatic carbocycles. The molecule has 0 aliphatic rings. The fourth-order valence-electron chi connectivity index (χ4n) is 1.54. The molecule has 0 atom stereocenters. The van der Waals surface area contributed by atoms with Gasteiger partial charge in [-0.05, 0) is 24.1 Å². The molecule has 22 heavy (non-hydrogen) atoms.